The normalized spacial score (nSPS) is 13.2. The summed E-state index contributed by atoms with van der Waals surface area (Å²) >= 11 is 0. The quantitative estimate of drug-likeness (QED) is 0.631. The number of sulfonamides is 1. The molecule has 0 aliphatic rings. The van der Waals surface area contributed by atoms with Crippen LogP contribution in [0.1, 0.15) is 6.92 Å². The van der Waals surface area contributed by atoms with E-state index in [1.54, 1.807) is 13.2 Å². The van der Waals surface area contributed by atoms with Gasteiger partial charge in [-0.2, -0.15) is 0 Å². The average Bonchev–Trinajstić information content (AvgIpc) is 2.30. The number of hydrogen-bond acceptors (Lipinski definition) is 5. The van der Waals surface area contributed by atoms with E-state index in [0.29, 0.717) is 30.2 Å². The molecule has 0 radical (unpaired) electrons. The monoisotopic (exact) mass is 305 g/mol. The van der Waals surface area contributed by atoms with Crippen LogP contribution in [-0.2, 0) is 20.8 Å². The Kier molecular flexibility index (Phi) is 5.77. The predicted molar refractivity (Wildman–Crippen MR) is 79.1 cm³/mol. The topological polar surface area (TPSA) is 101 Å². The molecule has 0 amide bonds. The third kappa shape index (κ3) is 4.81. The molecular formula is C11H19N3O3S2. The molecule has 108 valence electrons. The first kappa shape index (κ1) is 15.9. The van der Waals surface area contributed by atoms with Crippen LogP contribution in [0, 0.1) is 0 Å². The maximum atomic E-state index is 11.8. The first-order chi connectivity index (χ1) is 8.86. The third-order valence-electron chi connectivity index (χ3n) is 2.37. The van der Waals surface area contributed by atoms with Crippen LogP contribution in [0.3, 0.4) is 0 Å². The highest BCUT2D eigenvalue weighted by molar-refractivity contribution is 7.89. The molecule has 8 heteroatoms. The van der Waals surface area contributed by atoms with Gasteiger partial charge in [-0.3, -0.25) is 4.21 Å². The van der Waals surface area contributed by atoms with Crippen LogP contribution in [0.15, 0.2) is 23.1 Å². The van der Waals surface area contributed by atoms with E-state index in [0.717, 1.165) is 0 Å². The van der Waals surface area contributed by atoms with Gasteiger partial charge in [-0.1, -0.05) is 6.92 Å². The van der Waals surface area contributed by atoms with Gasteiger partial charge in [-0.15, -0.1) is 0 Å². The molecule has 0 saturated carbocycles. The number of benzene rings is 1. The van der Waals surface area contributed by atoms with E-state index >= 15 is 0 Å². The minimum Gasteiger partial charge on any atom is -0.397 e. The lowest BCUT2D eigenvalue weighted by atomic mass is 10.2. The number of nitrogen functional groups attached to an aromatic ring is 1. The maximum Gasteiger partial charge on any atom is 0.240 e. The van der Waals surface area contributed by atoms with E-state index < -0.39 is 20.8 Å². The molecule has 0 aromatic heterocycles. The van der Waals surface area contributed by atoms with Gasteiger partial charge < -0.3 is 11.1 Å². The van der Waals surface area contributed by atoms with E-state index in [9.17, 15) is 12.6 Å². The highest BCUT2D eigenvalue weighted by Crippen LogP contribution is 2.22. The molecule has 1 aromatic carbocycles. The number of hydrogen-bond donors (Lipinski definition) is 3. The zero-order valence-electron chi connectivity index (χ0n) is 11.0. The third-order valence-corrected chi connectivity index (χ3v) is 4.70. The van der Waals surface area contributed by atoms with Crippen LogP contribution in [-0.4, -0.2) is 37.7 Å². The summed E-state index contributed by atoms with van der Waals surface area (Å²) in [6.07, 6.45) is 1.61. The molecule has 1 rings (SSSR count). The van der Waals surface area contributed by atoms with E-state index in [-0.39, 0.29) is 4.90 Å². The van der Waals surface area contributed by atoms with Crippen molar-refractivity contribution in [2.24, 2.45) is 0 Å². The van der Waals surface area contributed by atoms with Crippen LogP contribution in [0.2, 0.25) is 0 Å². The standard InChI is InChI=1S/C11H19N3O3S2/c1-3-14-19(16,17)9-4-5-10(12)11(8-9)13-6-7-18(2)15/h4-5,8,13-14H,3,6-7,12H2,1-2H3. The molecule has 0 saturated heterocycles. The second-order valence-electron chi connectivity index (χ2n) is 3.95. The first-order valence-electron chi connectivity index (χ1n) is 5.80. The zero-order chi connectivity index (χ0) is 14.5. The van der Waals surface area contributed by atoms with Crippen molar-refractivity contribution in [1.82, 2.24) is 4.72 Å². The molecule has 0 aliphatic heterocycles. The fourth-order valence-corrected chi connectivity index (χ4v) is 2.91. The lowest BCUT2D eigenvalue weighted by Crippen LogP contribution is -2.23. The molecule has 0 fully saturated rings. The number of anilines is 2. The highest BCUT2D eigenvalue weighted by Gasteiger charge is 2.14. The molecule has 0 bridgehead atoms. The lowest BCUT2D eigenvalue weighted by molar-refractivity contribution is 0.584. The number of nitrogens with one attached hydrogen (secondary N) is 2. The Hall–Kier alpha value is -1.12. The van der Waals surface area contributed by atoms with Gasteiger partial charge in [0.15, 0.2) is 0 Å². The van der Waals surface area contributed by atoms with Gasteiger partial charge >= 0.3 is 0 Å². The summed E-state index contributed by atoms with van der Waals surface area (Å²) < 4.78 is 37.1. The van der Waals surface area contributed by atoms with Gasteiger partial charge in [0.1, 0.15) is 0 Å². The fraction of sp³-hybridized carbons (Fsp3) is 0.455. The van der Waals surface area contributed by atoms with Gasteiger partial charge in [0, 0.05) is 35.9 Å². The Morgan fingerprint density at radius 2 is 2.05 bits per heavy atom. The maximum absolute atomic E-state index is 11.8. The summed E-state index contributed by atoms with van der Waals surface area (Å²) in [6, 6.07) is 4.47. The fourth-order valence-electron chi connectivity index (χ4n) is 1.46. The Morgan fingerprint density at radius 3 is 2.63 bits per heavy atom. The zero-order valence-corrected chi connectivity index (χ0v) is 12.6. The van der Waals surface area contributed by atoms with E-state index in [2.05, 4.69) is 10.0 Å². The van der Waals surface area contributed by atoms with Crippen molar-refractivity contribution in [3.05, 3.63) is 18.2 Å². The molecule has 4 N–H and O–H groups in total. The van der Waals surface area contributed by atoms with Gasteiger partial charge in [-0.05, 0) is 18.2 Å². The summed E-state index contributed by atoms with van der Waals surface area (Å²) in [6.45, 7) is 2.51. The van der Waals surface area contributed by atoms with Crippen LogP contribution in [0.25, 0.3) is 0 Å². The van der Waals surface area contributed by atoms with Crippen molar-refractivity contribution in [2.75, 3.05) is 36.1 Å². The van der Waals surface area contributed by atoms with Crippen molar-refractivity contribution in [2.45, 2.75) is 11.8 Å². The summed E-state index contributed by atoms with van der Waals surface area (Å²) in [7, 11) is -4.40. The minimum atomic E-state index is -3.50. The largest absolute Gasteiger partial charge is 0.397 e. The SMILES string of the molecule is CCNS(=O)(=O)c1ccc(N)c(NCCS(C)=O)c1. The highest BCUT2D eigenvalue weighted by atomic mass is 32.2. The summed E-state index contributed by atoms with van der Waals surface area (Å²) in [4.78, 5) is 0.156. The lowest BCUT2D eigenvalue weighted by Gasteiger charge is -2.11. The average molecular weight is 305 g/mol. The van der Waals surface area contributed by atoms with Crippen LogP contribution < -0.4 is 15.8 Å². The van der Waals surface area contributed by atoms with Crippen LogP contribution in [0.5, 0.6) is 0 Å². The second kappa shape index (κ2) is 6.88. The van der Waals surface area contributed by atoms with E-state index in [4.69, 9.17) is 5.73 Å². The van der Waals surface area contributed by atoms with Gasteiger partial charge in [0.2, 0.25) is 10.0 Å². The molecule has 19 heavy (non-hydrogen) atoms. The number of rotatable bonds is 7. The Bertz CT molecular complexity index is 558. The smallest absolute Gasteiger partial charge is 0.240 e. The summed E-state index contributed by atoms with van der Waals surface area (Å²) in [5.41, 5.74) is 6.76. The molecule has 1 atom stereocenters. The molecule has 0 spiro atoms. The molecular weight excluding hydrogens is 286 g/mol. The summed E-state index contributed by atoms with van der Waals surface area (Å²) in [5.74, 6) is 0.476. The van der Waals surface area contributed by atoms with Gasteiger partial charge in [-0.25, -0.2) is 13.1 Å². The minimum absolute atomic E-state index is 0.156. The van der Waals surface area contributed by atoms with Crippen LogP contribution >= 0.6 is 0 Å². The summed E-state index contributed by atoms with van der Waals surface area (Å²) in [5, 5.41) is 2.99. The van der Waals surface area contributed by atoms with E-state index in [1.807, 2.05) is 0 Å². The van der Waals surface area contributed by atoms with Crippen molar-refractivity contribution < 1.29 is 12.6 Å². The first-order valence-corrected chi connectivity index (χ1v) is 9.01. The molecule has 6 nitrogen and oxygen atoms in total. The van der Waals surface area contributed by atoms with Crippen molar-refractivity contribution in [3.8, 4) is 0 Å². The number of nitrogens with two attached hydrogens (primary N) is 1. The van der Waals surface area contributed by atoms with Gasteiger partial charge in [0.25, 0.3) is 0 Å². The van der Waals surface area contributed by atoms with E-state index in [1.165, 1.54) is 18.2 Å². The molecule has 1 aromatic rings. The van der Waals surface area contributed by atoms with Gasteiger partial charge in [0.05, 0.1) is 16.3 Å². The predicted octanol–water partition coefficient (Wildman–Crippen LogP) is 0.357. The van der Waals surface area contributed by atoms with Crippen LogP contribution in [0.4, 0.5) is 11.4 Å². The van der Waals surface area contributed by atoms with Crippen molar-refractivity contribution in [3.63, 3.8) is 0 Å². The second-order valence-corrected chi connectivity index (χ2v) is 7.28. The molecule has 1 unspecified atom stereocenters. The molecule has 0 heterocycles. The Balaban J connectivity index is 2.91. The Labute approximate surface area is 116 Å². The molecule has 0 aliphatic carbocycles. The Morgan fingerprint density at radius 1 is 1.37 bits per heavy atom. The van der Waals surface area contributed by atoms with Crippen molar-refractivity contribution in [1.29, 1.82) is 0 Å². The van der Waals surface area contributed by atoms with Crippen molar-refractivity contribution >= 4 is 32.2 Å².